The molecule has 0 N–H and O–H groups in total. The fourth-order valence-corrected chi connectivity index (χ4v) is 5.50. The van der Waals surface area contributed by atoms with Gasteiger partial charge in [-0.05, 0) is 54.9 Å². The van der Waals surface area contributed by atoms with Crippen LogP contribution >= 0.6 is 0 Å². The van der Waals surface area contributed by atoms with E-state index in [4.69, 9.17) is 0 Å². The van der Waals surface area contributed by atoms with Gasteiger partial charge in [0.15, 0.2) is 0 Å². The monoisotopic (exact) mass is 360 g/mol. The van der Waals surface area contributed by atoms with Gasteiger partial charge in [-0.15, -0.1) is 0 Å². The molecule has 1 unspecified atom stereocenters. The van der Waals surface area contributed by atoms with Crippen LogP contribution in [0.2, 0.25) is 0 Å². The van der Waals surface area contributed by atoms with Gasteiger partial charge in [0.05, 0.1) is 5.92 Å². The number of piperidine rings is 1. The number of nitrogens with zero attached hydrogens (tertiary/aromatic N) is 2. The van der Waals surface area contributed by atoms with Crippen molar-refractivity contribution in [3.05, 3.63) is 65.2 Å². The Morgan fingerprint density at radius 3 is 2.19 bits per heavy atom. The molecule has 1 saturated heterocycles. The molecule has 27 heavy (non-hydrogen) atoms. The molecule has 0 spiro atoms. The number of rotatable bonds is 3. The molecule has 0 aromatic heterocycles. The summed E-state index contributed by atoms with van der Waals surface area (Å²) in [6, 6.07) is 18.3. The highest BCUT2D eigenvalue weighted by Gasteiger charge is 2.41. The Morgan fingerprint density at radius 1 is 0.889 bits per heavy atom. The normalized spacial score (nSPS) is 23.7. The number of para-hydroxylation sites is 1. The molecule has 1 amide bonds. The summed E-state index contributed by atoms with van der Waals surface area (Å²) in [7, 11) is 0. The van der Waals surface area contributed by atoms with Crippen LogP contribution in [0.4, 0.5) is 5.69 Å². The molecule has 0 saturated carbocycles. The summed E-state index contributed by atoms with van der Waals surface area (Å²) in [5, 5.41) is 0. The molecule has 5 rings (SSSR count). The minimum atomic E-state index is 0.0589. The van der Waals surface area contributed by atoms with E-state index in [1.165, 1.54) is 35.2 Å². The summed E-state index contributed by atoms with van der Waals surface area (Å²) in [5.74, 6) is 0.383. The van der Waals surface area contributed by atoms with Crippen LogP contribution in [0, 0.1) is 0 Å². The molecule has 0 bridgehead atoms. The zero-order valence-corrected chi connectivity index (χ0v) is 16.1. The van der Waals surface area contributed by atoms with Gasteiger partial charge in [-0.25, -0.2) is 0 Å². The third kappa shape index (κ3) is 2.80. The summed E-state index contributed by atoms with van der Waals surface area (Å²) >= 11 is 0. The largest absolute Gasteiger partial charge is 0.308 e. The molecule has 2 heterocycles. The van der Waals surface area contributed by atoms with Gasteiger partial charge in [0.25, 0.3) is 0 Å². The maximum absolute atomic E-state index is 13.1. The number of hydrogen-bond acceptors (Lipinski definition) is 2. The van der Waals surface area contributed by atoms with Crippen molar-refractivity contribution in [1.29, 1.82) is 0 Å². The Labute approximate surface area is 162 Å². The Bertz CT molecular complexity index is 828. The number of anilines is 1. The molecule has 2 aliphatic heterocycles. The van der Waals surface area contributed by atoms with Crippen LogP contribution in [-0.2, 0) is 17.6 Å². The molecular formula is C24H28N2O. The molecule has 3 aliphatic rings. The molecule has 3 heteroatoms. The lowest BCUT2D eigenvalue weighted by Gasteiger charge is -2.39. The smallest absolute Gasteiger partial charge is 0.234 e. The minimum Gasteiger partial charge on any atom is -0.308 e. The number of fused-ring (bicyclic) bond motifs is 2. The van der Waals surface area contributed by atoms with Crippen molar-refractivity contribution in [3.63, 3.8) is 0 Å². The van der Waals surface area contributed by atoms with Gasteiger partial charge in [0.1, 0.15) is 0 Å². The maximum atomic E-state index is 13.1. The molecule has 1 aliphatic carbocycles. The summed E-state index contributed by atoms with van der Waals surface area (Å²) in [5.41, 5.74) is 5.46. The van der Waals surface area contributed by atoms with Gasteiger partial charge in [-0.3, -0.25) is 9.69 Å². The van der Waals surface area contributed by atoms with Crippen molar-refractivity contribution in [2.45, 2.75) is 57.0 Å². The number of carbonyl (C=O) groups excluding carboxylic acids is 1. The zero-order chi connectivity index (χ0) is 18.4. The van der Waals surface area contributed by atoms with Gasteiger partial charge >= 0.3 is 0 Å². The van der Waals surface area contributed by atoms with Crippen LogP contribution in [0.1, 0.15) is 48.8 Å². The zero-order valence-electron chi connectivity index (χ0n) is 16.1. The van der Waals surface area contributed by atoms with Crippen LogP contribution in [0.15, 0.2) is 48.5 Å². The number of likely N-dealkylation sites (tertiary alicyclic amines) is 1. The highest BCUT2D eigenvalue weighted by Crippen LogP contribution is 2.41. The predicted octanol–water partition coefficient (Wildman–Crippen LogP) is 4.16. The summed E-state index contributed by atoms with van der Waals surface area (Å²) in [6.45, 7) is 4.33. The van der Waals surface area contributed by atoms with E-state index in [0.29, 0.717) is 18.0 Å². The fourth-order valence-electron chi connectivity index (χ4n) is 5.50. The van der Waals surface area contributed by atoms with E-state index in [1.54, 1.807) is 0 Å². The minimum absolute atomic E-state index is 0.0589. The fraction of sp³-hybridized carbons (Fsp3) is 0.458. The molecule has 3 nitrogen and oxygen atoms in total. The second-order valence-corrected chi connectivity index (χ2v) is 8.33. The Kier molecular flexibility index (Phi) is 4.28. The van der Waals surface area contributed by atoms with E-state index < -0.39 is 0 Å². The number of hydrogen-bond donors (Lipinski definition) is 0. The average Bonchev–Trinajstić information content (AvgIpc) is 3.26. The predicted molar refractivity (Wildman–Crippen MR) is 109 cm³/mol. The van der Waals surface area contributed by atoms with Crippen LogP contribution in [0.3, 0.4) is 0 Å². The van der Waals surface area contributed by atoms with Crippen LogP contribution < -0.4 is 4.90 Å². The highest BCUT2D eigenvalue weighted by atomic mass is 16.2. The third-order valence-electron chi connectivity index (χ3n) is 6.93. The van der Waals surface area contributed by atoms with Crippen molar-refractivity contribution in [2.75, 3.05) is 18.0 Å². The first-order valence-corrected chi connectivity index (χ1v) is 10.5. The molecule has 2 aromatic rings. The summed E-state index contributed by atoms with van der Waals surface area (Å²) < 4.78 is 0. The lowest BCUT2D eigenvalue weighted by atomic mass is 9.98. The molecule has 1 fully saturated rings. The van der Waals surface area contributed by atoms with Crippen LogP contribution in [-0.4, -0.2) is 36.0 Å². The van der Waals surface area contributed by atoms with Gasteiger partial charge in [-0.2, -0.15) is 0 Å². The van der Waals surface area contributed by atoms with Crippen molar-refractivity contribution < 1.29 is 4.79 Å². The van der Waals surface area contributed by atoms with Crippen molar-refractivity contribution in [1.82, 2.24) is 4.90 Å². The quantitative estimate of drug-likeness (QED) is 0.821. The molecular weight excluding hydrogens is 332 g/mol. The molecule has 0 radical (unpaired) electrons. The first kappa shape index (κ1) is 17.0. The molecule has 2 aromatic carbocycles. The lowest BCUT2D eigenvalue weighted by molar-refractivity contribution is -0.120. The van der Waals surface area contributed by atoms with Gasteiger partial charge in [0.2, 0.25) is 5.91 Å². The van der Waals surface area contributed by atoms with Gasteiger partial charge in [-0.1, -0.05) is 49.4 Å². The average molecular weight is 361 g/mol. The van der Waals surface area contributed by atoms with E-state index in [0.717, 1.165) is 32.4 Å². The van der Waals surface area contributed by atoms with Gasteiger partial charge in [0, 0.05) is 30.9 Å². The molecule has 1 atom stereocenters. The Hall–Kier alpha value is -2.13. The van der Waals surface area contributed by atoms with Crippen molar-refractivity contribution in [2.24, 2.45) is 0 Å². The van der Waals surface area contributed by atoms with E-state index in [2.05, 4.69) is 65.3 Å². The number of amides is 1. The summed E-state index contributed by atoms with van der Waals surface area (Å²) in [4.78, 5) is 17.9. The Morgan fingerprint density at radius 2 is 1.52 bits per heavy atom. The van der Waals surface area contributed by atoms with E-state index in [9.17, 15) is 4.79 Å². The topological polar surface area (TPSA) is 23.6 Å². The van der Waals surface area contributed by atoms with E-state index in [-0.39, 0.29) is 5.92 Å². The number of carbonyl (C=O) groups is 1. The van der Waals surface area contributed by atoms with Crippen LogP contribution in [0.25, 0.3) is 0 Å². The molecule has 140 valence electrons. The van der Waals surface area contributed by atoms with E-state index >= 15 is 0 Å². The summed E-state index contributed by atoms with van der Waals surface area (Å²) in [6.07, 6.45) is 5.44. The van der Waals surface area contributed by atoms with Crippen LogP contribution in [0.5, 0.6) is 0 Å². The second-order valence-electron chi connectivity index (χ2n) is 8.33. The van der Waals surface area contributed by atoms with Crippen molar-refractivity contribution >= 4 is 11.6 Å². The van der Waals surface area contributed by atoms with Gasteiger partial charge < -0.3 is 4.90 Å². The number of benzene rings is 2. The SMILES string of the molecule is CCC1C(=O)N(C2CCN(C3Cc4ccccc4C3)CC2)c2ccccc21. The lowest BCUT2D eigenvalue weighted by Crippen LogP contribution is -2.49. The first-order chi connectivity index (χ1) is 13.3. The van der Waals surface area contributed by atoms with E-state index in [1.807, 2.05) is 0 Å². The third-order valence-corrected chi connectivity index (χ3v) is 6.93. The second kappa shape index (κ2) is 6.79. The maximum Gasteiger partial charge on any atom is 0.234 e. The highest BCUT2D eigenvalue weighted by molar-refractivity contribution is 6.05. The standard InChI is InChI=1S/C24H28N2O/c1-2-21-22-9-5-6-10-23(22)26(24(21)27)19-11-13-25(14-12-19)20-15-17-7-3-4-8-18(17)16-20/h3-10,19-21H,2,11-16H2,1H3. The Balaban J connectivity index is 1.28. The van der Waals surface area contributed by atoms with Crippen molar-refractivity contribution in [3.8, 4) is 0 Å². The first-order valence-electron chi connectivity index (χ1n) is 10.5.